The van der Waals surface area contributed by atoms with Gasteiger partial charge in [-0.25, -0.2) is 0 Å². The maximum atomic E-state index is 11.2. The summed E-state index contributed by atoms with van der Waals surface area (Å²) in [5.74, 6) is 1.35. The molecule has 1 amide bonds. The van der Waals surface area contributed by atoms with E-state index in [2.05, 4.69) is 0 Å². The highest BCUT2D eigenvalue weighted by molar-refractivity contribution is 6.27. The number of carbonyl (C=O) groups is 1. The number of hydrogen-bond acceptors (Lipinski definition) is 3. The summed E-state index contributed by atoms with van der Waals surface area (Å²) in [6.45, 7) is 0.926. The molecule has 0 atom stereocenters. The van der Waals surface area contributed by atoms with Crippen molar-refractivity contribution in [1.82, 2.24) is 4.90 Å². The number of benzene rings is 1. The summed E-state index contributed by atoms with van der Waals surface area (Å²) in [6.07, 6.45) is 0. The van der Waals surface area contributed by atoms with E-state index in [9.17, 15) is 4.79 Å². The fourth-order valence-electron chi connectivity index (χ4n) is 1.22. The predicted molar refractivity (Wildman–Crippen MR) is 66.8 cm³/mol. The molecule has 17 heavy (non-hydrogen) atoms. The fourth-order valence-corrected chi connectivity index (χ4v) is 1.42. The van der Waals surface area contributed by atoms with Crippen molar-refractivity contribution in [3.05, 3.63) is 24.3 Å². The van der Waals surface area contributed by atoms with Crippen molar-refractivity contribution in [3.8, 4) is 11.5 Å². The van der Waals surface area contributed by atoms with Gasteiger partial charge in [0.05, 0.1) is 13.7 Å². The van der Waals surface area contributed by atoms with Gasteiger partial charge < -0.3 is 14.4 Å². The zero-order chi connectivity index (χ0) is 12.7. The van der Waals surface area contributed by atoms with E-state index in [-0.39, 0.29) is 11.8 Å². The minimum atomic E-state index is -0.110. The molecule has 0 saturated heterocycles. The number of carbonyl (C=O) groups excluding carboxylic acids is 1. The lowest BCUT2D eigenvalue weighted by Crippen LogP contribution is -2.31. The van der Waals surface area contributed by atoms with Crippen LogP contribution in [0.25, 0.3) is 0 Å². The second kappa shape index (κ2) is 7.01. The molecule has 1 rings (SSSR count). The van der Waals surface area contributed by atoms with Gasteiger partial charge in [-0.2, -0.15) is 0 Å². The molecule has 1 aromatic rings. The molecule has 1 aromatic carbocycles. The van der Waals surface area contributed by atoms with Gasteiger partial charge in [0, 0.05) is 13.1 Å². The molecular formula is C12H16ClNO3. The fraction of sp³-hybridized carbons (Fsp3) is 0.417. The standard InChI is InChI=1S/C12H16ClNO3/c1-14(12(15)9-13)6-7-17-11-5-3-4-10(8-11)16-2/h3-5,8H,6-7,9H2,1-2H3. The van der Waals surface area contributed by atoms with Gasteiger partial charge >= 0.3 is 0 Å². The lowest BCUT2D eigenvalue weighted by atomic mass is 10.3. The number of methoxy groups -OCH3 is 1. The predicted octanol–water partition coefficient (Wildman–Crippen LogP) is 1.77. The summed E-state index contributed by atoms with van der Waals surface area (Å²) in [6, 6.07) is 7.33. The van der Waals surface area contributed by atoms with E-state index in [1.807, 2.05) is 18.2 Å². The van der Waals surface area contributed by atoms with Gasteiger partial charge in [-0.3, -0.25) is 4.79 Å². The van der Waals surface area contributed by atoms with E-state index in [0.29, 0.717) is 13.2 Å². The van der Waals surface area contributed by atoms with Crippen LogP contribution >= 0.6 is 11.6 Å². The molecule has 0 bridgehead atoms. The van der Waals surface area contributed by atoms with E-state index in [0.717, 1.165) is 11.5 Å². The van der Waals surface area contributed by atoms with Crippen molar-refractivity contribution >= 4 is 17.5 Å². The van der Waals surface area contributed by atoms with Gasteiger partial charge in [0.15, 0.2) is 0 Å². The Morgan fingerprint density at radius 2 is 2.12 bits per heavy atom. The number of hydrogen-bond donors (Lipinski definition) is 0. The lowest BCUT2D eigenvalue weighted by Gasteiger charge is -2.16. The van der Waals surface area contributed by atoms with Crippen LogP contribution in [-0.4, -0.2) is 44.0 Å². The van der Waals surface area contributed by atoms with E-state index in [4.69, 9.17) is 21.1 Å². The van der Waals surface area contributed by atoms with Crippen LogP contribution in [-0.2, 0) is 4.79 Å². The van der Waals surface area contributed by atoms with Gasteiger partial charge in [0.25, 0.3) is 0 Å². The maximum absolute atomic E-state index is 11.2. The molecule has 94 valence electrons. The Morgan fingerprint density at radius 3 is 2.76 bits per heavy atom. The third-order valence-electron chi connectivity index (χ3n) is 2.28. The van der Waals surface area contributed by atoms with Gasteiger partial charge in [-0.15, -0.1) is 11.6 Å². The molecule has 0 aliphatic heterocycles. The van der Waals surface area contributed by atoms with Crippen LogP contribution < -0.4 is 9.47 Å². The average molecular weight is 258 g/mol. The summed E-state index contributed by atoms with van der Waals surface area (Å²) in [5.41, 5.74) is 0. The van der Waals surface area contributed by atoms with Crippen LogP contribution in [0.1, 0.15) is 0 Å². The summed E-state index contributed by atoms with van der Waals surface area (Å²) < 4.78 is 10.6. The molecular weight excluding hydrogens is 242 g/mol. The molecule has 0 saturated carbocycles. The summed E-state index contributed by atoms with van der Waals surface area (Å²) in [5, 5.41) is 0. The summed E-state index contributed by atoms with van der Waals surface area (Å²) in [7, 11) is 3.30. The molecule has 0 spiro atoms. The third kappa shape index (κ3) is 4.53. The molecule has 0 N–H and O–H groups in total. The smallest absolute Gasteiger partial charge is 0.237 e. The maximum Gasteiger partial charge on any atom is 0.237 e. The first-order chi connectivity index (χ1) is 8.17. The molecule has 4 nitrogen and oxygen atoms in total. The number of amides is 1. The highest BCUT2D eigenvalue weighted by atomic mass is 35.5. The number of nitrogens with zero attached hydrogens (tertiary/aromatic N) is 1. The number of halogens is 1. The van der Waals surface area contributed by atoms with Crippen LogP contribution in [0.3, 0.4) is 0 Å². The van der Waals surface area contributed by atoms with Crippen molar-refractivity contribution in [3.63, 3.8) is 0 Å². The van der Waals surface area contributed by atoms with Crippen LogP contribution in [0.2, 0.25) is 0 Å². The Morgan fingerprint density at radius 1 is 1.41 bits per heavy atom. The van der Waals surface area contributed by atoms with E-state index in [1.54, 1.807) is 20.2 Å². The van der Waals surface area contributed by atoms with Crippen molar-refractivity contribution in [2.45, 2.75) is 0 Å². The largest absolute Gasteiger partial charge is 0.497 e. The quantitative estimate of drug-likeness (QED) is 0.729. The number of ether oxygens (including phenoxy) is 2. The average Bonchev–Trinajstić information content (AvgIpc) is 2.37. The molecule has 0 aliphatic carbocycles. The van der Waals surface area contributed by atoms with Crippen LogP contribution in [0.4, 0.5) is 0 Å². The van der Waals surface area contributed by atoms with E-state index in [1.165, 1.54) is 4.90 Å². The Hall–Kier alpha value is -1.42. The van der Waals surface area contributed by atoms with Gasteiger partial charge in [0.1, 0.15) is 24.0 Å². The third-order valence-corrected chi connectivity index (χ3v) is 2.51. The van der Waals surface area contributed by atoms with Crippen molar-refractivity contribution in [2.24, 2.45) is 0 Å². The normalized spacial score (nSPS) is 9.82. The zero-order valence-corrected chi connectivity index (χ0v) is 10.7. The van der Waals surface area contributed by atoms with Gasteiger partial charge in [-0.1, -0.05) is 6.07 Å². The minimum Gasteiger partial charge on any atom is -0.497 e. The Kier molecular flexibility index (Phi) is 5.63. The first-order valence-corrected chi connectivity index (χ1v) is 5.77. The zero-order valence-electron chi connectivity index (χ0n) is 9.98. The first-order valence-electron chi connectivity index (χ1n) is 5.24. The van der Waals surface area contributed by atoms with Gasteiger partial charge in [0.2, 0.25) is 5.91 Å². The lowest BCUT2D eigenvalue weighted by molar-refractivity contribution is -0.127. The molecule has 0 aromatic heterocycles. The molecule has 0 aliphatic rings. The Labute approximate surface area is 106 Å². The monoisotopic (exact) mass is 257 g/mol. The van der Waals surface area contributed by atoms with Crippen molar-refractivity contribution < 1.29 is 14.3 Å². The number of alkyl halides is 1. The SMILES string of the molecule is COc1cccc(OCCN(C)C(=O)CCl)c1. The first kappa shape index (κ1) is 13.6. The Bertz CT molecular complexity index is 371. The number of likely N-dealkylation sites (N-methyl/N-ethyl adjacent to an activating group) is 1. The second-order valence-electron chi connectivity index (χ2n) is 3.48. The molecule has 0 heterocycles. The second-order valence-corrected chi connectivity index (χ2v) is 3.74. The topological polar surface area (TPSA) is 38.8 Å². The van der Waals surface area contributed by atoms with Crippen molar-refractivity contribution in [1.29, 1.82) is 0 Å². The molecule has 0 unspecified atom stereocenters. The van der Waals surface area contributed by atoms with Gasteiger partial charge in [-0.05, 0) is 12.1 Å². The number of rotatable bonds is 6. The van der Waals surface area contributed by atoms with E-state index < -0.39 is 0 Å². The van der Waals surface area contributed by atoms with E-state index >= 15 is 0 Å². The highest BCUT2D eigenvalue weighted by Gasteiger charge is 2.06. The molecule has 5 heteroatoms. The minimum absolute atomic E-state index is 0.00431. The van der Waals surface area contributed by atoms with Crippen LogP contribution in [0.15, 0.2) is 24.3 Å². The molecule has 0 radical (unpaired) electrons. The van der Waals surface area contributed by atoms with Crippen LogP contribution in [0, 0.1) is 0 Å². The molecule has 0 fully saturated rings. The summed E-state index contributed by atoms with van der Waals surface area (Å²) >= 11 is 5.43. The highest BCUT2D eigenvalue weighted by Crippen LogP contribution is 2.18. The Balaban J connectivity index is 2.37. The van der Waals surface area contributed by atoms with Crippen molar-refractivity contribution in [2.75, 3.05) is 33.2 Å². The summed E-state index contributed by atoms with van der Waals surface area (Å²) in [4.78, 5) is 12.7. The van der Waals surface area contributed by atoms with Crippen LogP contribution in [0.5, 0.6) is 11.5 Å².